The lowest BCUT2D eigenvalue weighted by molar-refractivity contribution is -0.122. The van der Waals surface area contributed by atoms with E-state index in [1.165, 1.54) is 0 Å². The minimum Gasteiger partial charge on any atom is -0.350 e. The lowest BCUT2D eigenvalue weighted by Gasteiger charge is -2.23. The summed E-state index contributed by atoms with van der Waals surface area (Å²) in [6.07, 6.45) is 1.48. The number of carbonyl (C=O) groups excluding carboxylic acids is 1. The van der Waals surface area contributed by atoms with Crippen molar-refractivity contribution in [1.82, 2.24) is 5.32 Å². The fourth-order valence-electron chi connectivity index (χ4n) is 1.74. The first-order valence-corrected chi connectivity index (χ1v) is 7.30. The van der Waals surface area contributed by atoms with Crippen molar-refractivity contribution in [1.29, 1.82) is 0 Å². The molecule has 1 heterocycles. The molecule has 0 aliphatic carbocycles. The Morgan fingerprint density at radius 1 is 1.53 bits per heavy atom. The van der Waals surface area contributed by atoms with Crippen LogP contribution in [0.25, 0.3) is 0 Å². The van der Waals surface area contributed by atoms with Crippen LogP contribution in [0.1, 0.15) is 26.2 Å². The molecule has 88 valence electrons. The first kappa shape index (κ1) is 12.8. The largest absolute Gasteiger partial charge is 0.350 e. The van der Waals surface area contributed by atoms with E-state index in [0.29, 0.717) is 25.1 Å². The molecular weight excluding hydrogens is 238 g/mol. The number of sulfone groups is 1. The van der Waals surface area contributed by atoms with Gasteiger partial charge in [0.2, 0.25) is 5.91 Å². The Labute approximate surface area is 95.3 Å². The van der Waals surface area contributed by atoms with E-state index in [2.05, 4.69) is 5.32 Å². The lowest BCUT2D eigenvalue weighted by Crippen LogP contribution is -2.46. The minimum absolute atomic E-state index is 0.0482. The Kier molecular flexibility index (Phi) is 4.00. The van der Waals surface area contributed by atoms with Crippen molar-refractivity contribution in [2.75, 3.05) is 17.4 Å². The zero-order valence-electron chi connectivity index (χ0n) is 8.75. The number of nitrogens with one attached hydrogen (secondary N) is 1. The Morgan fingerprint density at radius 2 is 2.20 bits per heavy atom. The molecule has 0 bridgehead atoms. The Balaban J connectivity index is 2.48. The monoisotopic (exact) mass is 253 g/mol. The van der Waals surface area contributed by atoms with Gasteiger partial charge in [-0.3, -0.25) is 4.79 Å². The fourth-order valence-corrected chi connectivity index (χ4v) is 3.96. The highest BCUT2D eigenvalue weighted by atomic mass is 35.5. The molecule has 1 fully saturated rings. The van der Waals surface area contributed by atoms with Gasteiger partial charge >= 0.3 is 0 Å². The number of hydrogen-bond donors (Lipinski definition) is 1. The maximum atomic E-state index is 11.4. The molecule has 1 aliphatic heterocycles. The van der Waals surface area contributed by atoms with Crippen LogP contribution in [0.3, 0.4) is 0 Å². The number of carbonyl (C=O) groups is 1. The first-order valence-electron chi connectivity index (χ1n) is 4.94. The Bertz CT molecular complexity index is 341. The zero-order chi connectivity index (χ0) is 11.5. The van der Waals surface area contributed by atoms with Gasteiger partial charge in [-0.15, -0.1) is 11.6 Å². The summed E-state index contributed by atoms with van der Waals surface area (Å²) in [4.78, 5) is 11.4. The van der Waals surface area contributed by atoms with Gasteiger partial charge in [-0.05, 0) is 19.8 Å². The number of hydrogen-bond acceptors (Lipinski definition) is 3. The van der Waals surface area contributed by atoms with Crippen LogP contribution in [-0.4, -0.2) is 37.2 Å². The third-order valence-corrected chi connectivity index (χ3v) is 4.65. The van der Waals surface area contributed by atoms with Crippen molar-refractivity contribution in [3.63, 3.8) is 0 Å². The second-order valence-corrected chi connectivity index (χ2v) is 6.81. The Morgan fingerprint density at radius 3 is 2.67 bits per heavy atom. The molecule has 15 heavy (non-hydrogen) atoms. The molecular formula is C9H16ClNO3S. The third-order valence-electron chi connectivity index (χ3n) is 2.48. The van der Waals surface area contributed by atoms with Gasteiger partial charge in [0.15, 0.2) is 9.84 Å². The maximum Gasteiger partial charge on any atom is 0.220 e. The maximum absolute atomic E-state index is 11.4. The third kappa shape index (κ3) is 3.99. The summed E-state index contributed by atoms with van der Waals surface area (Å²) in [5.74, 6) is 0.546. The van der Waals surface area contributed by atoms with E-state index in [-0.39, 0.29) is 17.4 Å². The lowest BCUT2D eigenvalue weighted by atomic mass is 10.0. The molecule has 0 saturated carbocycles. The van der Waals surface area contributed by atoms with Gasteiger partial charge < -0.3 is 5.32 Å². The molecule has 0 aromatic heterocycles. The van der Waals surface area contributed by atoms with Crippen LogP contribution in [0.5, 0.6) is 0 Å². The Hall–Kier alpha value is -0.290. The van der Waals surface area contributed by atoms with E-state index in [1.54, 1.807) is 6.92 Å². The van der Waals surface area contributed by atoms with Gasteiger partial charge in [-0.1, -0.05) is 0 Å². The average molecular weight is 254 g/mol. The summed E-state index contributed by atoms with van der Waals surface area (Å²) in [6, 6.07) is 0. The predicted octanol–water partition coefficient (Wildman–Crippen LogP) is 0.699. The van der Waals surface area contributed by atoms with Gasteiger partial charge in [-0.2, -0.15) is 0 Å². The van der Waals surface area contributed by atoms with Gasteiger partial charge in [0.05, 0.1) is 17.0 Å². The van der Waals surface area contributed by atoms with E-state index in [4.69, 9.17) is 11.6 Å². The van der Waals surface area contributed by atoms with E-state index < -0.39 is 15.4 Å². The molecule has 0 radical (unpaired) electrons. The summed E-state index contributed by atoms with van der Waals surface area (Å²) >= 11 is 5.47. The van der Waals surface area contributed by atoms with Crippen molar-refractivity contribution in [2.24, 2.45) is 0 Å². The van der Waals surface area contributed by atoms with Crippen LogP contribution >= 0.6 is 11.6 Å². The molecule has 1 saturated heterocycles. The van der Waals surface area contributed by atoms with E-state index >= 15 is 0 Å². The van der Waals surface area contributed by atoms with Crippen LogP contribution in [0.4, 0.5) is 0 Å². The van der Waals surface area contributed by atoms with Crippen molar-refractivity contribution in [3.05, 3.63) is 0 Å². The van der Waals surface area contributed by atoms with Crippen molar-refractivity contribution < 1.29 is 13.2 Å². The highest BCUT2D eigenvalue weighted by Gasteiger charge is 2.39. The highest BCUT2D eigenvalue weighted by Crippen LogP contribution is 2.22. The summed E-state index contributed by atoms with van der Waals surface area (Å²) in [7, 11) is -2.96. The van der Waals surface area contributed by atoms with Gasteiger partial charge in [0, 0.05) is 12.3 Å². The smallest absolute Gasteiger partial charge is 0.220 e. The van der Waals surface area contributed by atoms with Crippen LogP contribution in [0, 0.1) is 0 Å². The summed E-state index contributed by atoms with van der Waals surface area (Å²) in [5.41, 5.74) is -0.581. The normalized spacial score (nSPS) is 28.9. The topological polar surface area (TPSA) is 63.2 Å². The fraction of sp³-hybridized carbons (Fsp3) is 0.889. The molecule has 4 nitrogen and oxygen atoms in total. The number of rotatable bonds is 4. The van der Waals surface area contributed by atoms with Crippen molar-refractivity contribution in [2.45, 2.75) is 31.7 Å². The predicted molar refractivity (Wildman–Crippen MR) is 59.8 cm³/mol. The molecule has 1 unspecified atom stereocenters. The van der Waals surface area contributed by atoms with E-state index in [1.807, 2.05) is 0 Å². The quantitative estimate of drug-likeness (QED) is 0.751. The number of amides is 1. The second-order valence-electron chi connectivity index (χ2n) is 4.24. The second kappa shape index (κ2) is 4.70. The van der Waals surface area contributed by atoms with Crippen molar-refractivity contribution in [3.8, 4) is 0 Å². The van der Waals surface area contributed by atoms with E-state index in [9.17, 15) is 13.2 Å². The SMILES string of the molecule is CC1(NC(=O)CCCCl)CCS(=O)(=O)C1. The van der Waals surface area contributed by atoms with Crippen LogP contribution in [0.2, 0.25) is 0 Å². The highest BCUT2D eigenvalue weighted by molar-refractivity contribution is 7.91. The van der Waals surface area contributed by atoms with Crippen molar-refractivity contribution >= 4 is 27.3 Å². The molecule has 0 aromatic rings. The van der Waals surface area contributed by atoms with Gasteiger partial charge in [0.25, 0.3) is 0 Å². The minimum atomic E-state index is -2.96. The van der Waals surface area contributed by atoms with Gasteiger partial charge in [0.1, 0.15) is 0 Å². The zero-order valence-corrected chi connectivity index (χ0v) is 10.3. The molecule has 1 atom stereocenters. The summed E-state index contributed by atoms with van der Waals surface area (Å²) in [6.45, 7) is 1.77. The molecule has 0 aromatic carbocycles. The summed E-state index contributed by atoms with van der Waals surface area (Å²) in [5, 5.41) is 2.77. The molecule has 1 N–H and O–H groups in total. The number of halogens is 1. The molecule has 1 rings (SSSR count). The van der Waals surface area contributed by atoms with Gasteiger partial charge in [-0.25, -0.2) is 8.42 Å². The molecule has 6 heteroatoms. The standard InChI is InChI=1S/C9H16ClNO3S/c1-9(4-6-15(13,14)7-9)11-8(12)3-2-5-10/h2-7H2,1H3,(H,11,12). The van der Waals surface area contributed by atoms with E-state index in [0.717, 1.165) is 0 Å². The molecule has 1 aliphatic rings. The van der Waals surface area contributed by atoms with Crippen LogP contribution in [0.15, 0.2) is 0 Å². The van der Waals surface area contributed by atoms with Crippen LogP contribution in [-0.2, 0) is 14.6 Å². The number of alkyl halides is 1. The van der Waals surface area contributed by atoms with Crippen LogP contribution < -0.4 is 5.32 Å². The average Bonchev–Trinajstić information content (AvgIpc) is 2.37. The molecule has 1 amide bonds. The molecule has 0 spiro atoms. The first-order chi connectivity index (χ1) is 6.87. The summed E-state index contributed by atoms with van der Waals surface area (Å²) < 4.78 is 22.5.